The fourth-order valence-corrected chi connectivity index (χ4v) is 3.83. The largest absolute Gasteiger partial charge is 0.399 e. The predicted octanol–water partition coefficient (Wildman–Crippen LogP) is 1.62. The van der Waals surface area contributed by atoms with E-state index in [-0.39, 0.29) is 4.90 Å². The maximum atomic E-state index is 12.8. The Morgan fingerprint density at radius 1 is 0.667 bits per heavy atom. The Kier molecular flexibility index (Phi) is 5.14. The molecular weight excluding hydrogens is 360 g/mol. The quantitative estimate of drug-likeness (QED) is 0.628. The second-order valence-electron chi connectivity index (χ2n) is 6.64. The molecule has 0 aliphatic heterocycles. The van der Waals surface area contributed by atoms with E-state index in [0.29, 0.717) is 0 Å². The normalized spacial score (nSPS) is 11.3. The van der Waals surface area contributed by atoms with Gasteiger partial charge < -0.3 is 9.80 Å². The molecule has 0 spiro atoms. The highest BCUT2D eigenvalue weighted by atomic mass is 32.2. The average Bonchev–Trinajstić information content (AvgIpc) is 2.68. The van der Waals surface area contributed by atoms with Crippen LogP contribution in [0.2, 0.25) is 0 Å². The molecule has 3 rings (SSSR count). The van der Waals surface area contributed by atoms with E-state index >= 15 is 0 Å². The zero-order valence-electron chi connectivity index (χ0n) is 15.9. The maximum absolute atomic E-state index is 12.8. The molecule has 0 saturated heterocycles. The van der Waals surface area contributed by atoms with E-state index in [1.165, 1.54) is 3.97 Å². The lowest BCUT2D eigenvalue weighted by atomic mass is 10.3. The molecule has 0 N–H and O–H groups in total. The molecule has 7 heteroatoms. The lowest BCUT2D eigenvalue weighted by Crippen LogP contribution is -2.42. The van der Waals surface area contributed by atoms with Crippen molar-refractivity contribution >= 4 is 21.4 Å². The van der Waals surface area contributed by atoms with Gasteiger partial charge in [0.1, 0.15) is 4.90 Å². The molecule has 140 valence electrons. The highest BCUT2D eigenvalue weighted by Crippen LogP contribution is 2.13. The third kappa shape index (κ3) is 3.93. The number of rotatable bonds is 5. The van der Waals surface area contributed by atoms with Gasteiger partial charge in [-0.1, -0.05) is 3.97 Å². The summed E-state index contributed by atoms with van der Waals surface area (Å²) in [6.45, 7) is 0. The Morgan fingerprint density at radius 3 is 1.56 bits per heavy atom. The molecule has 0 bridgehead atoms. The maximum Gasteiger partial charge on any atom is 0.399 e. The summed E-state index contributed by atoms with van der Waals surface area (Å²) in [4.78, 5) is 4.20. The highest BCUT2D eigenvalue weighted by Gasteiger charge is 2.25. The van der Waals surface area contributed by atoms with Crippen LogP contribution < -0.4 is 18.3 Å². The van der Waals surface area contributed by atoms with Crippen LogP contribution in [-0.4, -0.2) is 36.6 Å². The van der Waals surface area contributed by atoms with Gasteiger partial charge in [-0.15, -0.1) is 0 Å². The van der Waals surface area contributed by atoms with Gasteiger partial charge in [-0.3, -0.25) is 0 Å². The minimum atomic E-state index is -3.62. The summed E-state index contributed by atoms with van der Waals surface area (Å²) in [5.41, 5.74) is 2.93. The minimum Gasteiger partial charge on any atom is -0.377 e. The van der Waals surface area contributed by atoms with E-state index in [1.54, 1.807) is 48.8 Å². The van der Waals surface area contributed by atoms with Crippen LogP contribution in [0.5, 0.6) is 0 Å². The van der Waals surface area contributed by atoms with Crippen molar-refractivity contribution in [1.82, 2.24) is 0 Å². The van der Waals surface area contributed by atoms with E-state index < -0.39 is 10.0 Å². The molecule has 0 saturated carbocycles. The van der Waals surface area contributed by atoms with Crippen LogP contribution in [0.4, 0.5) is 11.4 Å². The first-order chi connectivity index (χ1) is 12.8. The minimum absolute atomic E-state index is 0.249. The molecule has 0 amide bonds. The molecule has 1 aromatic carbocycles. The van der Waals surface area contributed by atoms with E-state index in [1.807, 2.05) is 67.1 Å². The van der Waals surface area contributed by atoms with Crippen molar-refractivity contribution in [2.24, 2.45) is 0 Å². The summed E-state index contributed by atoms with van der Waals surface area (Å²) in [5, 5.41) is 0. The van der Waals surface area contributed by atoms with E-state index in [2.05, 4.69) is 0 Å². The van der Waals surface area contributed by atoms with Gasteiger partial charge in [0.05, 0.1) is 0 Å². The molecule has 6 nitrogen and oxygen atoms in total. The first kappa shape index (κ1) is 18.8. The van der Waals surface area contributed by atoms with Gasteiger partial charge in [-0.05, 0) is 12.1 Å². The lowest BCUT2D eigenvalue weighted by Gasteiger charge is -2.10. The van der Waals surface area contributed by atoms with Crippen molar-refractivity contribution in [3.63, 3.8) is 0 Å². The molecule has 0 atom stereocenters. The van der Waals surface area contributed by atoms with Gasteiger partial charge in [0.25, 0.3) is 0 Å². The third-order valence-electron chi connectivity index (χ3n) is 4.34. The fourth-order valence-electron chi connectivity index (χ4n) is 2.66. The van der Waals surface area contributed by atoms with Gasteiger partial charge in [0.15, 0.2) is 24.8 Å². The van der Waals surface area contributed by atoms with Crippen molar-refractivity contribution in [1.29, 1.82) is 0 Å². The number of pyridine rings is 2. The topological polar surface area (TPSA) is 48.4 Å². The summed E-state index contributed by atoms with van der Waals surface area (Å²) in [6, 6.07) is 14.4. The summed E-state index contributed by atoms with van der Waals surface area (Å²) in [7, 11) is 4.18. The SMILES string of the molecule is CN(C)c1cc[n+](-c2ccc(S(=O)(=O)[n+]3ccc(N(C)C)cc3)cc2)cc1. The molecule has 0 aliphatic carbocycles. The Labute approximate surface area is 160 Å². The van der Waals surface area contributed by atoms with Crippen molar-refractivity contribution in [3.8, 4) is 5.69 Å². The number of hydrogen-bond donors (Lipinski definition) is 0. The first-order valence-corrected chi connectivity index (χ1v) is 9.96. The number of aromatic nitrogens is 2. The van der Waals surface area contributed by atoms with Gasteiger partial charge in [0.2, 0.25) is 5.69 Å². The third-order valence-corrected chi connectivity index (χ3v) is 6.01. The molecule has 0 fully saturated rings. The lowest BCUT2D eigenvalue weighted by molar-refractivity contribution is -0.595. The molecule has 0 radical (unpaired) electrons. The van der Waals surface area contributed by atoms with Gasteiger partial charge >= 0.3 is 10.0 Å². The van der Waals surface area contributed by atoms with E-state index in [4.69, 9.17) is 0 Å². The van der Waals surface area contributed by atoms with Crippen LogP contribution >= 0.6 is 0 Å². The van der Waals surface area contributed by atoms with E-state index in [0.717, 1.165) is 17.1 Å². The van der Waals surface area contributed by atoms with Crippen LogP contribution in [0.25, 0.3) is 5.69 Å². The Bertz CT molecular complexity index is 1010. The summed E-state index contributed by atoms with van der Waals surface area (Å²) in [5.74, 6) is 0. The number of nitrogens with zero attached hydrogens (tertiary/aromatic N) is 4. The second kappa shape index (κ2) is 7.36. The molecule has 2 heterocycles. The molecular formula is C20H24N4O2S+2. The Morgan fingerprint density at radius 2 is 1.11 bits per heavy atom. The van der Waals surface area contributed by atoms with Crippen LogP contribution in [0, 0.1) is 0 Å². The van der Waals surface area contributed by atoms with Crippen molar-refractivity contribution in [2.75, 3.05) is 38.0 Å². The summed E-state index contributed by atoms with van der Waals surface area (Å²) >= 11 is 0. The Balaban J connectivity index is 1.87. The summed E-state index contributed by atoms with van der Waals surface area (Å²) < 4.78 is 28.8. The van der Waals surface area contributed by atoms with Crippen LogP contribution in [-0.2, 0) is 10.0 Å². The number of hydrogen-bond acceptors (Lipinski definition) is 4. The zero-order chi connectivity index (χ0) is 19.6. The van der Waals surface area contributed by atoms with Crippen molar-refractivity contribution < 1.29 is 17.0 Å². The molecule has 27 heavy (non-hydrogen) atoms. The first-order valence-electron chi connectivity index (χ1n) is 8.52. The average molecular weight is 385 g/mol. The summed E-state index contributed by atoms with van der Waals surface area (Å²) in [6.07, 6.45) is 7.03. The fraction of sp³-hybridized carbons (Fsp3) is 0.200. The molecule has 3 aromatic rings. The molecule has 2 aromatic heterocycles. The van der Waals surface area contributed by atoms with Crippen molar-refractivity contribution in [3.05, 3.63) is 73.3 Å². The predicted molar refractivity (Wildman–Crippen MR) is 106 cm³/mol. The standard InChI is InChI=1S/C20H24N4O2S/c1-21(2)17-9-13-23(14-10-17)19-5-7-20(8-6-19)27(25,26)24-15-11-18(12-16-24)22(3)4/h5-16H,1-4H3/q+2. The van der Waals surface area contributed by atoms with Crippen LogP contribution in [0.15, 0.2) is 78.2 Å². The van der Waals surface area contributed by atoms with E-state index in [9.17, 15) is 8.42 Å². The zero-order valence-corrected chi connectivity index (χ0v) is 16.8. The molecule has 0 unspecified atom stereocenters. The smallest absolute Gasteiger partial charge is 0.377 e. The van der Waals surface area contributed by atoms with Gasteiger partial charge in [-0.25, -0.2) is 0 Å². The van der Waals surface area contributed by atoms with Crippen LogP contribution in [0.1, 0.15) is 0 Å². The van der Waals surface area contributed by atoms with Crippen molar-refractivity contribution in [2.45, 2.75) is 4.90 Å². The second-order valence-corrected chi connectivity index (χ2v) is 8.48. The highest BCUT2D eigenvalue weighted by molar-refractivity contribution is 7.85. The monoisotopic (exact) mass is 384 g/mol. The van der Waals surface area contributed by atoms with Crippen LogP contribution in [0.3, 0.4) is 0 Å². The van der Waals surface area contributed by atoms with Gasteiger partial charge in [-0.2, -0.15) is 13.0 Å². The molecule has 0 aliphatic rings. The Hall–Kier alpha value is -2.93. The number of anilines is 2. The van der Waals surface area contributed by atoms with Gasteiger partial charge in [0, 0.05) is 76.0 Å². The number of benzene rings is 1.